The third-order valence-corrected chi connectivity index (χ3v) is 6.14. The average Bonchev–Trinajstić information content (AvgIpc) is 2.83. The normalized spacial score (nSPS) is 13.7. The maximum atomic E-state index is 13.1. The van der Waals surface area contributed by atoms with E-state index in [1.54, 1.807) is 12.3 Å². The summed E-state index contributed by atoms with van der Waals surface area (Å²) < 4.78 is 0. The summed E-state index contributed by atoms with van der Waals surface area (Å²) in [5.41, 5.74) is 10.7. The second-order valence-corrected chi connectivity index (χ2v) is 8.23. The Kier molecular flexibility index (Phi) is 10.2. The van der Waals surface area contributed by atoms with Crippen molar-refractivity contribution in [2.45, 2.75) is 38.1 Å². The number of aromatic hydroxyl groups is 1. The Labute approximate surface area is 207 Å². The summed E-state index contributed by atoms with van der Waals surface area (Å²) in [4.78, 5) is 19.3. The van der Waals surface area contributed by atoms with Gasteiger partial charge in [-0.05, 0) is 66.0 Å². The predicted octanol–water partition coefficient (Wildman–Crippen LogP) is 4.89. The summed E-state index contributed by atoms with van der Waals surface area (Å²) >= 11 is 0. The molecule has 1 saturated heterocycles. The van der Waals surface area contributed by atoms with Crippen LogP contribution in [-0.2, 0) is 19.4 Å². The van der Waals surface area contributed by atoms with E-state index < -0.39 is 0 Å². The number of aromatic nitrogens is 1. The number of carbonyl (C=O) groups excluding carboxylic acids is 1. The number of benzene rings is 2. The number of halogens is 2. The molecule has 1 amide bonds. The quantitative estimate of drug-likeness (QED) is 0.518. The van der Waals surface area contributed by atoms with Crippen molar-refractivity contribution >= 4 is 30.7 Å². The minimum Gasteiger partial charge on any atom is -0.508 e. The smallest absolute Gasteiger partial charge is 0.255 e. The number of likely N-dealkylation sites (tertiary alicyclic amines) is 1. The first-order chi connectivity index (χ1) is 15.1. The van der Waals surface area contributed by atoms with Gasteiger partial charge in [-0.25, -0.2) is 0 Å². The number of piperidine rings is 1. The van der Waals surface area contributed by atoms with Gasteiger partial charge in [-0.1, -0.05) is 42.5 Å². The fourth-order valence-electron chi connectivity index (χ4n) is 4.31. The zero-order valence-electron chi connectivity index (χ0n) is 18.5. The molecule has 0 saturated carbocycles. The molecular weight excluding hydrogens is 457 g/mol. The highest BCUT2D eigenvalue weighted by Gasteiger charge is 2.26. The zero-order valence-corrected chi connectivity index (χ0v) is 20.2. The van der Waals surface area contributed by atoms with Gasteiger partial charge in [0.15, 0.2) is 0 Å². The largest absolute Gasteiger partial charge is 0.508 e. The molecule has 0 radical (unpaired) electrons. The van der Waals surface area contributed by atoms with Gasteiger partial charge in [0, 0.05) is 32.0 Å². The number of hydrogen-bond donors (Lipinski definition) is 2. The van der Waals surface area contributed by atoms with Crippen LogP contribution in [-0.4, -0.2) is 34.0 Å². The van der Waals surface area contributed by atoms with Crippen LogP contribution in [0.3, 0.4) is 0 Å². The van der Waals surface area contributed by atoms with E-state index in [1.807, 2.05) is 47.5 Å². The van der Waals surface area contributed by atoms with Crippen molar-refractivity contribution in [3.8, 4) is 5.75 Å². The van der Waals surface area contributed by atoms with E-state index in [0.29, 0.717) is 30.9 Å². The number of amides is 1. The highest BCUT2D eigenvalue weighted by Crippen LogP contribution is 2.34. The van der Waals surface area contributed by atoms with Crippen LogP contribution in [0.15, 0.2) is 67.0 Å². The van der Waals surface area contributed by atoms with Gasteiger partial charge < -0.3 is 15.7 Å². The van der Waals surface area contributed by atoms with Crippen molar-refractivity contribution < 1.29 is 9.90 Å². The van der Waals surface area contributed by atoms with Crippen molar-refractivity contribution in [2.24, 2.45) is 5.73 Å². The van der Waals surface area contributed by atoms with Crippen LogP contribution >= 0.6 is 24.8 Å². The lowest BCUT2D eigenvalue weighted by Crippen LogP contribution is -2.38. The van der Waals surface area contributed by atoms with Crippen molar-refractivity contribution in [1.29, 1.82) is 0 Å². The Morgan fingerprint density at radius 3 is 2.33 bits per heavy atom. The summed E-state index contributed by atoms with van der Waals surface area (Å²) in [6.45, 7) is 1.80. The van der Waals surface area contributed by atoms with E-state index in [9.17, 15) is 9.90 Å². The van der Waals surface area contributed by atoms with Crippen molar-refractivity contribution in [3.05, 3.63) is 94.8 Å². The first kappa shape index (κ1) is 26.7. The molecule has 0 unspecified atom stereocenters. The van der Waals surface area contributed by atoms with Crippen molar-refractivity contribution in [1.82, 2.24) is 9.88 Å². The summed E-state index contributed by atoms with van der Waals surface area (Å²) in [5.74, 6) is 0.593. The van der Waals surface area contributed by atoms with Crippen LogP contribution in [0.25, 0.3) is 0 Å². The molecule has 0 spiro atoms. The first-order valence-electron chi connectivity index (χ1n) is 10.9. The van der Waals surface area contributed by atoms with Crippen molar-refractivity contribution in [3.63, 3.8) is 0 Å². The highest BCUT2D eigenvalue weighted by molar-refractivity contribution is 5.94. The molecule has 1 fully saturated rings. The standard InChI is InChI=1S/C26H29N3O2.2ClH/c27-16-20-8-9-25(30)24(15-20)22-10-12-29(13-11-22)26(31)23-14-21(17-28-18-23)7-6-19-4-2-1-3-5-19;;/h1-5,8-9,14-15,17-18,22,30H,6-7,10-13,16,27H2;2*1H. The number of hydrogen-bond acceptors (Lipinski definition) is 4. The molecule has 1 aliphatic rings. The van der Waals surface area contributed by atoms with Crippen LogP contribution < -0.4 is 5.73 Å². The fourth-order valence-corrected chi connectivity index (χ4v) is 4.31. The van der Waals surface area contributed by atoms with Gasteiger partial charge in [-0.2, -0.15) is 0 Å². The summed E-state index contributed by atoms with van der Waals surface area (Å²) in [6.07, 6.45) is 6.95. The van der Waals surface area contributed by atoms with E-state index >= 15 is 0 Å². The van der Waals surface area contributed by atoms with Gasteiger partial charge in [-0.3, -0.25) is 9.78 Å². The zero-order chi connectivity index (χ0) is 21.6. The minimum atomic E-state index is 0. The number of pyridine rings is 1. The third-order valence-electron chi connectivity index (χ3n) is 6.14. The van der Waals surface area contributed by atoms with Crippen molar-refractivity contribution in [2.75, 3.05) is 13.1 Å². The lowest BCUT2D eigenvalue weighted by molar-refractivity contribution is 0.0712. The highest BCUT2D eigenvalue weighted by atomic mass is 35.5. The molecule has 1 aromatic heterocycles. The molecular formula is C26H31Cl2N3O2. The number of aryl methyl sites for hydroxylation is 2. The van der Waals surface area contributed by atoms with E-state index in [1.165, 1.54) is 5.56 Å². The number of phenolic OH excluding ortho intramolecular Hbond substituents is 1. The summed E-state index contributed by atoms with van der Waals surface area (Å²) in [7, 11) is 0. The molecule has 0 aliphatic carbocycles. The van der Waals surface area contributed by atoms with Crippen LogP contribution in [0.4, 0.5) is 0 Å². The van der Waals surface area contributed by atoms with Gasteiger partial charge in [0.1, 0.15) is 5.75 Å². The lowest BCUT2D eigenvalue weighted by atomic mass is 9.87. The Morgan fingerprint density at radius 2 is 1.64 bits per heavy atom. The maximum absolute atomic E-state index is 13.1. The second-order valence-electron chi connectivity index (χ2n) is 8.23. The molecule has 2 heterocycles. The minimum absolute atomic E-state index is 0. The average molecular weight is 488 g/mol. The van der Waals surface area contributed by atoms with Gasteiger partial charge in [0.25, 0.3) is 5.91 Å². The van der Waals surface area contributed by atoms with Crippen LogP contribution in [0.5, 0.6) is 5.75 Å². The lowest BCUT2D eigenvalue weighted by Gasteiger charge is -2.32. The first-order valence-corrected chi connectivity index (χ1v) is 10.9. The van der Waals surface area contributed by atoms with E-state index in [4.69, 9.17) is 5.73 Å². The Balaban J connectivity index is 0.00000193. The fraction of sp³-hybridized carbons (Fsp3) is 0.308. The van der Waals surface area contributed by atoms with Gasteiger partial charge in [0.05, 0.1) is 5.56 Å². The number of rotatable bonds is 6. The second kappa shape index (κ2) is 12.6. The molecule has 0 atom stereocenters. The number of carbonyl (C=O) groups is 1. The molecule has 33 heavy (non-hydrogen) atoms. The Hall–Kier alpha value is -2.60. The molecule has 1 aliphatic heterocycles. The van der Waals surface area contributed by atoms with Gasteiger partial charge in [-0.15, -0.1) is 24.8 Å². The Bertz CT molecular complexity index is 1040. The van der Waals surface area contributed by atoms with E-state index in [0.717, 1.165) is 42.4 Å². The molecule has 7 heteroatoms. The number of nitrogens with two attached hydrogens (primary N) is 1. The van der Waals surface area contributed by atoms with Gasteiger partial charge >= 0.3 is 0 Å². The Morgan fingerprint density at radius 1 is 0.939 bits per heavy atom. The summed E-state index contributed by atoms with van der Waals surface area (Å²) in [6, 6.07) is 17.9. The SMILES string of the molecule is Cl.Cl.NCc1ccc(O)c(C2CCN(C(=O)c3cncc(CCc4ccccc4)c3)CC2)c1. The topological polar surface area (TPSA) is 79.5 Å². The third kappa shape index (κ3) is 6.70. The number of nitrogens with zero attached hydrogens (tertiary/aromatic N) is 2. The molecule has 5 nitrogen and oxygen atoms in total. The van der Waals surface area contributed by atoms with E-state index in [-0.39, 0.29) is 36.6 Å². The molecule has 3 aromatic rings. The predicted molar refractivity (Wildman–Crippen MR) is 136 cm³/mol. The molecule has 0 bridgehead atoms. The molecule has 176 valence electrons. The number of phenols is 1. The van der Waals surface area contributed by atoms with E-state index in [2.05, 4.69) is 17.1 Å². The van der Waals surface area contributed by atoms with Crippen LogP contribution in [0, 0.1) is 0 Å². The van der Waals surface area contributed by atoms with Crippen LogP contribution in [0.2, 0.25) is 0 Å². The molecule has 2 aromatic carbocycles. The summed E-state index contributed by atoms with van der Waals surface area (Å²) in [5, 5.41) is 10.3. The maximum Gasteiger partial charge on any atom is 0.255 e. The molecule has 4 rings (SSSR count). The van der Waals surface area contributed by atoms with Crippen LogP contribution in [0.1, 0.15) is 51.4 Å². The monoisotopic (exact) mass is 487 g/mol. The molecule has 3 N–H and O–H groups in total. The van der Waals surface area contributed by atoms with Gasteiger partial charge in [0.2, 0.25) is 0 Å².